The Morgan fingerprint density at radius 1 is 1.11 bits per heavy atom. The van der Waals surface area contributed by atoms with Gasteiger partial charge in [-0.15, -0.1) is 10.2 Å². The maximum Gasteiger partial charge on any atom is 0.277 e. The van der Waals surface area contributed by atoms with Crippen LogP contribution >= 0.6 is 11.8 Å². The van der Waals surface area contributed by atoms with E-state index in [1.165, 1.54) is 55.9 Å². The fourth-order valence-corrected chi connectivity index (χ4v) is 7.29. The second-order valence-corrected chi connectivity index (χ2v) is 10.2. The molecule has 6 heteroatoms. The average molecular weight is 396 g/mol. The molecule has 4 saturated carbocycles. The Labute approximate surface area is 169 Å². The van der Waals surface area contributed by atoms with E-state index >= 15 is 0 Å². The molecule has 0 saturated heterocycles. The number of carbonyl (C=O) groups excluding carboxylic acids is 1. The van der Waals surface area contributed by atoms with Crippen LogP contribution in [0.3, 0.4) is 0 Å². The van der Waals surface area contributed by atoms with E-state index in [9.17, 15) is 4.79 Å². The maximum atomic E-state index is 12.7. The van der Waals surface area contributed by atoms with Gasteiger partial charge < -0.3 is 9.32 Å². The minimum absolute atomic E-state index is 0.115. The molecule has 0 unspecified atom stereocenters. The number of anilines is 1. The molecule has 4 fully saturated rings. The first-order chi connectivity index (χ1) is 13.7. The summed E-state index contributed by atoms with van der Waals surface area (Å²) in [5.41, 5.74) is 2.42. The summed E-state index contributed by atoms with van der Waals surface area (Å²) in [7, 11) is 0. The minimum atomic E-state index is 0.115. The molecule has 28 heavy (non-hydrogen) atoms. The summed E-state index contributed by atoms with van der Waals surface area (Å²) in [6.45, 7) is 0.765. The number of amides is 1. The average Bonchev–Trinajstić information content (AvgIpc) is 3.33. The quantitative estimate of drug-likeness (QED) is 0.726. The molecule has 146 valence electrons. The third-order valence-electron chi connectivity index (χ3n) is 7.41. The lowest BCUT2D eigenvalue weighted by Crippen LogP contribution is -2.48. The molecule has 1 aliphatic heterocycles. The summed E-state index contributed by atoms with van der Waals surface area (Å²) >= 11 is 1.38. The van der Waals surface area contributed by atoms with Crippen molar-refractivity contribution < 1.29 is 9.21 Å². The summed E-state index contributed by atoms with van der Waals surface area (Å²) in [6, 6.07) is 8.16. The summed E-state index contributed by atoms with van der Waals surface area (Å²) in [5.74, 6) is 3.86. The largest absolute Gasteiger partial charge is 0.415 e. The first-order valence-electron chi connectivity index (χ1n) is 10.5. The highest BCUT2D eigenvalue weighted by Gasteiger charge is 2.54. The zero-order valence-corrected chi connectivity index (χ0v) is 16.8. The predicted molar refractivity (Wildman–Crippen MR) is 107 cm³/mol. The van der Waals surface area contributed by atoms with Gasteiger partial charge in [0.25, 0.3) is 5.22 Å². The lowest BCUT2D eigenvalue weighted by Gasteiger charge is -2.55. The lowest BCUT2D eigenvalue weighted by atomic mass is 9.49. The highest BCUT2D eigenvalue weighted by molar-refractivity contribution is 7.99. The number of rotatable bonds is 4. The Bertz CT molecular complexity index is 889. The molecule has 0 atom stereocenters. The van der Waals surface area contributed by atoms with Gasteiger partial charge in [0.2, 0.25) is 11.8 Å². The molecule has 5 aliphatic rings. The fourth-order valence-electron chi connectivity index (χ4n) is 6.65. The zero-order chi connectivity index (χ0) is 18.7. The van der Waals surface area contributed by atoms with Gasteiger partial charge in [0.05, 0.1) is 5.75 Å². The normalized spacial score (nSPS) is 32.7. The van der Waals surface area contributed by atoms with Gasteiger partial charge in [-0.1, -0.05) is 30.0 Å². The molecule has 0 spiro atoms. The highest BCUT2D eigenvalue weighted by atomic mass is 32.2. The number of nitrogens with zero attached hydrogens (tertiary/aromatic N) is 3. The van der Waals surface area contributed by atoms with E-state index in [-0.39, 0.29) is 11.3 Å². The minimum Gasteiger partial charge on any atom is -0.415 e. The topological polar surface area (TPSA) is 59.2 Å². The van der Waals surface area contributed by atoms with Crippen LogP contribution in [0, 0.1) is 17.8 Å². The Kier molecular flexibility index (Phi) is 3.87. The molecule has 7 rings (SSSR count). The molecule has 5 nitrogen and oxygen atoms in total. The SMILES string of the molecule is O=C(CSc1nnc(C23CC4CC(CC(C4)C2)C3)o1)N1CCc2ccccc21. The van der Waals surface area contributed by atoms with Crippen LogP contribution in [0.4, 0.5) is 5.69 Å². The van der Waals surface area contributed by atoms with Gasteiger partial charge in [-0.2, -0.15) is 0 Å². The van der Waals surface area contributed by atoms with E-state index in [4.69, 9.17) is 4.42 Å². The zero-order valence-electron chi connectivity index (χ0n) is 16.0. The van der Waals surface area contributed by atoms with E-state index in [2.05, 4.69) is 16.3 Å². The summed E-state index contributed by atoms with van der Waals surface area (Å²) in [4.78, 5) is 14.6. The molecule has 4 bridgehead atoms. The van der Waals surface area contributed by atoms with Crippen LogP contribution in [-0.2, 0) is 16.6 Å². The predicted octanol–water partition coefficient (Wildman–Crippen LogP) is 4.22. The van der Waals surface area contributed by atoms with Gasteiger partial charge in [0.15, 0.2) is 0 Å². The van der Waals surface area contributed by atoms with Crippen molar-refractivity contribution in [3.05, 3.63) is 35.7 Å². The van der Waals surface area contributed by atoms with Crippen molar-refractivity contribution in [3.63, 3.8) is 0 Å². The van der Waals surface area contributed by atoms with Gasteiger partial charge in [-0.05, 0) is 74.3 Å². The van der Waals surface area contributed by atoms with E-state index in [0.29, 0.717) is 11.0 Å². The summed E-state index contributed by atoms with van der Waals surface area (Å²) in [6.07, 6.45) is 8.80. The summed E-state index contributed by atoms with van der Waals surface area (Å²) in [5, 5.41) is 9.29. The number of para-hydroxylation sites is 1. The van der Waals surface area contributed by atoms with Crippen LogP contribution in [0.15, 0.2) is 33.9 Å². The Hall–Kier alpha value is -1.82. The number of hydrogen-bond acceptors (Lipinski definition) is 5. The van der Waals surface area contributed by atoms with Gasteiger partial charge in [0.1, 0.15) is 0 Å². The van der Waals surface area contributed by atoms with Crippen LogP contribution in [0.5, 0.6) is 0 Å². The van der Waals surface area contributed by atoms with E-state index < -0.39 is 0 Å². The first kappa shape index (κ1) is 17.1. The van der Waals surface area contributed by atoms with Crippen LogP contribution in [-0.4, -0.2) is 28.4 Å². The first-order valence-corrected chi connectivity index (χ1v) is 11.5. The smallest absolute Gasteiger partial charge is 0.277 e. The number of thioether (sulfide) groups is 1. The lowest BCUT2D eigenvalue weighted by molar-refractivity contribution is -0.116. The molecule has 0 N–H and O–H groups in total. The van der Waals surface area contributed by atoms with Gasteiger partial charge >= 0.3 is 0 Å². The van der Waals surface area contributed by atoms with Crippen molar-refractivity contribution in [2.24, 2.45) is 17.8 Å². The third-order valence-corrected chi connectivity index (χ3v) is 8.21. The molecule has 4 aliphatic carbocycles. The van der Waals surface area contributed by atoms with Crippen LogP contribution in [0.2, 0.25) is 0 Å². The molecule has 0 radical (unpaired) electrons. The van der Waals surface area contributed by atoms with Crippen molar-refractivity contribution in [3.8, 4) is 0 Å². The number of aromatic nitrogens is 2. The molecule has 1 amide bonds. The Morgan fingerprint density at radius 2 is 1.82 bits per heavy atom. The van der Waals surface area contributed by atoms with Crippen molar-refractivity contribution >= 4 is 23.4 Å². The maximum absolute atomic E-state index is 12.7. The van der Waals surface area contributed by atoms with E-state index in [1.807, 2.05) is 23.1 Å². The number of carbonyl (C=O) groups is 1. The van der Waals surface area contributed by atoms with Crippen molar-refractivity contribution in [1.82, 2.24) is 10.2 Å². The number of fused-ring (bicyclic) bond motifs is 1. The van der Waals surface area contributed by atoms with Gasteiger partial charge in [-0.25, -0.2) is 0 Å². The molecule has 2 aromatic rings. The highest BCUT2D eigenvalue weighted by Crippen LogP contribution is 2.60. The molecular formula is C22H25N3O2S. The standard InChI is InChI=1S/C22H25N3O2S/c26-19(25-6-5-17-3-1-2-4-18(17)25)13-28-21-24-23-20(27-21)22-10-14-7-15(11-22)9-16(8-14)12-22/h1-4,14-16H,5-13H2. The van der Waals surface area contributed by atoms with Crippen molar-refractivity contribution in [2.75, 3.05) is 17.2 Å². The van der Waals surface area contributed by atoms with Crippen LogP contribution < -0.4 is 4.90 Å². The van der Waals surface area contributed by atoms with E-state index in [0.717, 1.165) is 42.3 Å². The van der Waals surface area contributed by atoms with Crippen molar-refractivity contribution in [1.29, 1.82) is 0 Å². The fraction of sp³-hybridized carbons (Fsp3) is 0.591. The monoisotopic (exact) mass is 395 g/mol. The van der Waals surface area contributed by atoms with Crippen LogP contribution in [0.25, 0.3) is 0 Å². The van der Waals surface area contributed by atoms with Gasteiger partial charge in [-0.3, -0.25) is 4.79 Å². The molecule has 1 aromatic carbocycles. The summed E-state index contributed by atoms with van der Waals surface area (Å²) < 4.78 is 6.12. The second-order valence-electron chi connectivity index (χ2n) is 9.28. The number of hydrogen-bond donors (Lipinski definition) is 0. The number of benzene rings is 1. The van der Waals surface area contributed by atoms with Gasteiger partial charge in [0, 0.05) is 17.6 Å². The Morgan fingerprint density at radius 3 is 2.57 bits per heavy atom. The second kappa shape index (κ2) is 6.34. The molecule has 1 aromatic heterocycles. The third kappa shape index (κ3) is 2.71. The molecular weight excluding hydrogens is 370 g/mol. The van der Waals surface area contributed by atoms with Crippen molar-refractivity contribution in [2.45, 2.75) is 55.6 Å². The molecule has 2 heterocycles. The van der Waals surface area contributed by atoms with Crippen LogP contribution in [0.1, 0.15) is 50.0 Å². The Balaban J connectivity index is 1.14. The van der Waals surface area contributed by atoms with E-state index in [1.54, 1.807) is 0 Å².